The zero-order valence-corrected chi connectivity index (χ0v) is 11.7. The van der Waals surface area contributed by atoms with Crippen molar-refractivity contribution in [1.29, 1.82) is 0 Å². The average Bonchev–Trinajstić information content (AvgIpc) is 2.50. The first-order valence-corrected chi connectivity index (χ1v) is 6.63. The molecule has 0 saturated heterocycles. The van der Waals surface area contributed by atoms with Crippen molar-refractivity contribution < 1.29 is 23.8 Å². The van der Waals surface area contributed by atoms with Gasteiger partial charge >= 0.3 is 12.2 Å². The van der Waals surface area contributed by atoms with E-state index in [2.05, 4.69) is 10.1 Å². The Morgan fingerprint density at radius 3 is 2.71 bits per heavy atom. The lowest BCUT2D eigenvalue weighted by Crippen LogP contribution is -2.46. The van der Waals surface area contributed by atoms with Gasteiger partial charge in [0.1, 0.15) is 11.9 Å². The molecule has 1 N–H and O–H groups in total. The van der Waals surface area contributed by atoms with Crippen LogP contribution in [0.1, 0.15) is 12.8 Å². The molecule has 21 heavy (non-hydrogen) atoms. The molecular weight excluding hydrogens is 274 g/mol. The minimum Gasteiger partial charge on any atom is -0.438 e. The van der Waals surface area contributed by atoms with Crippen LogP contribution in [0.5, 0.6) is 5.75 Å². The lowest BCUT2D eigenvalue weighted by atomic mass is 9.99. The summed E-state index contributed by atoms with van der Waals surface area (Å²) in [5.74, 6) is 0.445. The highest BCUT2D eigenvalue weighted by Crippen LogP contribution is 2.17. The molecule has 1 amide bonds. The van der Waals surface area contributed by atoms with Crippen molar-refractivity contribution in [3.05, 3.63) is 42.5 Å². The molecule has 0 spiro atoms. The summed E-state index contributed by atoms with van der Waals surface area (Å²) in [7, 11) is 1.24. The quantitative estimate of drug-likeness (QED) is 0.684. The van der Waals surface area contributed by atoms with Crippen LogP contribution in [0.4, 0.5) is 9.59 Å². The maximum absolute atomic E-state index is 11.8. The Balaban J connectivity index is 1.92. The van der Waals surface area contributed by atoms with Gasteiger partial charge in [-0.25, -0.2) is 9.59 Å². The molecule has 1 aliphatic rings. The summed E-state index contributed by atoms with van der Waals surface area (Å²) in [5.41, 5.74) is 0. The van der Waals surface area contributed by atoms with Crippen molar-refractivity contribution in [2.24, 2.45) is 0 Å². The third-order valence-corrected chi connectivity index (χ3v) is 3.01. The van der Waals surface area contributed by atoms with Gasteiger partial charge in [-0.15, -0.1) is 0 Å². The van der Waals surface area contributed by atoms with Crippen LogP contribution in [-0.4, -0.2) is 31.5 Å². The highest BCUT2D eigenvalue weighted by Gasteiger charge is 2.27. The predicted molar refractivity (Wildman–Crippen MR) is 75.0 cm³/mol. The maximum atomic E-state index is 11.8. The molecule has 112 valence electrons. The number of amides is 1. The van der Waals surface area contributed by atoms with Crippen molar-refractivity contribution in [3.63, 3.8) is 0 Å². The normalized spacial score (nSPS) is 20.4. The Hall–Kier alpha value is -2.50. The summed E-state index contributed by atoms with van der Waals surface area (Å²) in [4.78, 5) is 23.0. The molecule has 0 aliphatic heterocycles. The smallest absolute Gasteiger partial charge is 0.438 e. The van der Waals surface area contributed by atoms with Crippen molar-refractivity contribution in [1.82, 2.24) is 5.32 Å². The second-order valence-corrected chi connectivity index (χ2v) is 4.49. The number of carbonyl (C=O) groups is 2. The molecule has 0 fully saturated rings. The summed E-state index contributed by atoms with van der Waals surface area (Å²) in [6, 6.07) is 8.29. The van der Waals surface area contributed by atoms with Gasteiger partial charge in [0.25, 0.3) is 0 Å². The first-order valence-electron chi connectivity index (χ1n) is 6.63. The van der Waals surface area contributed by atoms with Gasteiger partial charge in [-0.05, 0) is 25.0 Å². The van der Waals surface area contributed by atoms with Gasteiger partial charge in [0.05, 0.1) is 13.2 Å². The fourth-order valence-electron chi connectivity index (χ4n) is 2.01. The summed E-state index contributed by atoms with van der Waals surface area (Å²) in [5, 5.41) is 2.67. The standard InChI is InChI=1S/C15H17NO5/c1-19-15(18)21-13-10-6-5-9-12(13)16-14(17)20-11-7-3-2-4-8-11/h2-5,7-9,12-13H,6,10H2,1H3,(H,16,17). The molecule has 1 aromatic rings. The molecule has 0 heterocycles. The van der Waals surface area contributed by atoms with E-state index >= 15 is 0 Å². The lowest BCUT2D eigenvalue weighted by molar-refractivity contribution is 0.0236. The van der Waals surface area contributed by atoms with Crippen LogP contribution in [0.3, 0.4) is 0 Å². The molecule has 0 bridgehead atoms. The number of allylic oxidation sites excluding steroid dienone is 1. The number of carbonyl (C=O) groups excluding carboxylic acids is 2. The number of ether oxygens (including phenoxy) is 3. The van der Waals surface area contributed by atoms with Gasteiger partial charge < -0.3 is 19.5 Å². The Kier molecular flexibility index (Phi) is 5.20. The average molecular weight is 291 g/mol. The molecule has 1 aromatic carbocycles. The Bertz CT molecular complexity index is 514. The van der Waals surface area contributed by atoms with E-state index in [9.17, 15) is 9.59 Å². The number of methoxy groups -OCH3 is 1. The first kappa shape index (κ1) is 14.9. The zero-order valence-electron chi connectivity index (χ0n) is 11.7. The van der Waals surface area contributed by atoms with Crippen LogP contribution < -0.4 is 10.1 Å². The second kappa shape index (κ2) is 7.33. The van der Waals surface area contributed by atoms with Crippen molar-refractivity contribution >= 4 is 12.2 Å². The third kappa shape index (κ3) is 4.52. The molecule has 2 atom stereocenters. The third-order valence-electron chi connectivity index (χ3n) is 3.01. The molecule has 6 nitrogen and oxygen atoms in total. The number of hydrogen-bond donors (Lipinski definition) is 1. The van der Waals surface area contributed by atoms with Gasteiger partial charge in [0.2, 0.25) is 0 Å². The Morgan fingerprint density at radius 1 is 1.24 bits per heavy atom. The summed E-state index contributed by atoms with van der Waals surface area (Å²) in [6.07, 6.45) is 3.25. The van der Waals surface area contributed by atoms with E-state index in [0.29, 0.717) is 12.2 Å². The van der Waals surface area contributed by atoms with Gasteiger partial charge in [0, 0.05) is 0 Å². The summed E-state index contributed by atoms with van der Waals surface area (Å²) < 4.78 is 14.7. The van der Waals surface area contributed by atoms with Gasteiger partial charge in [-0.2, -0.15) is 0 Å². The van der Waals surface area contributed by atoms with E-state index in [4.69, 9.17) is 9.47 Å². The van der Waals surface area contributed by atoms with Gasteiger partial charge in [0.15, 0.2) is 0 Å². The van der Waals surface area contributed by atoms with Crippen molar-refractivity contribution in [2.45, 2.75) is 25.0 Å². The molecule has 0 radical (unpaired) electrons. The lowest BCUT2D eigenvalue weighted by Gasteiger charge is -2.27. The van der Waals surface area contributed by atoms with Crippen LogP contribution in [0, 0.1) is 0 Å². The van der Waals surface area contributed by atoms with E-state index in [-0.39, 0.29) is 0 Å². The zero-order chi connectivity index (χ0) is 15.1. The molecule has 0 aromatic heterocycles. The molecule has 2 rings (SSSR count). The SMILES string of the molecule is COC(=O)OC1CCC=CC1NC(=O)Oc1ccccc1. The van der Waals surface area contributed by atoms with E-state index in [0.717, 1.165) is 6.42 Å². The molecule has 2 unspecified atom stereocenters. The van der Waals surface area contributed by atoms with Crippen LogP contribution >= 0.6 is 0 Å². The first-order chi connectivity index (χ1) is 10.2. The Morgan fingerprint density at radius 2 is 2.00 bits per heavy atom. The van der Waals surface area contributed by atoms with Gasteiger partial charge in [-0.1, -0.05) is 30.4 Å². The van der Waals surface area contributed by atoms with Crippen LogP contribution in [0.25, 0.3) is 0 Å². The van der Waals surface area contributed by atoms with E-state index < -0.39 is 24.4 Å². The largest absolute Gasteiger partial charge is 0.508 e. The summed E-state index contributed by atoms with van der Waals surface area (Å²) in [6.45, 7) is 0. The highest BCUT2D eigenvalue weighted by atomic mass is 16.7. The van der Waals surface area contributed by atoms with Gasteiger partial charge in [-0.3, -0.25) is 0 Å². The molecule has 6 heteroatoms. The second-order valence-electron chi connectivity index (χ2n) is 4.49. The maximum Gasteiger partial charge on any atom is 0.508 e. The van der Waals surface area contributed by atoms with E-state index in [1.165, 1.54) is 7.11 Å². The van der Waals surface area contributed by atoms with E-state index in [1.807, 2.05) is 12.1 Å². The highest BCUT2D eigenvalue weighted by molar-refractivity contribution is 5.71. The topological polar surface area (TPSA) is 73.9 Å². The number of hydrogen-bond acceptors (Lipinski definition) is 5. The Labute approximate surface area is 122 Å². The number of rotatable bonds is 3. The molecule has 0 saturated carbocycles. The minimum atomic E-state index is -0.765. The fraction of sp³-hybridized carbons (Fsp3) is 0.333. The predicted octanol–water partition coefficient (Wildman–Crippen LogP) is 2.65. The van der Waals surface area contributed by atoms with Crippen LogP contribution in [0.2, 0.25) is 0 Å². The molecular formula is C15H17NO5. The molecule has 1 aliphatic carbocycles. The van der Waals surface area contributed by atoms with Crippen LogP contribution in [-0.2, 0) is 9.47 Å². The van der Waals surface area contributed by atoms with Crippen molar-refractivity contribution in [3.8, 4) is 5.75 Å². The summed E-state index contributed by atoms with van der Waals surface area (Å²) >= 11 is 0. The van der Waals surface area contributed by atoms with Crippen LogP contribution in [0.15, 0.2) is 42.5 Å². The minimum absolute atomic E-state index is 0.436. The monoisotopic (exact) mass is 291 g/mol. The van der Waals surface area contributed by atoms with Crippen molar-refractivity contribution in [2.75, 3.05) is 7.11 Å². The number of nitrogens with one attached hydrogen (secondary N) is 1. The number of benzene rings is 1. The fourth-order valence-corrected chi connectivity index (χ4v) is 2.01. The van der Waals surface area contributed by atoms with E-state index in [1.54, 1.807) is 30.3 Å². The number of para-hydroxylation sites is 1.